The highest BCUT2D eigenvalue weighted by atomic mass is 16.5. The van der Waals surface area contributed by atoms with Crippen molar-refractivity contribution in [2.45, 2.75) is 26.4 Å². The Hall–Kier alpha value is -2.86. The van der Waals surface area contributed by atoms with Gasteiger partial charge in [0.1, 0.15) is 5.82 Å². The summed E-state index contributed by atoms with van der Waals surface area (Å²) in [6, 6.07) is 11.7. The number of hydrogen-bond donors (Lipinski definition) is 2. The summed E-state index contributed by atoms with van der Waals surface area (Å²) in [5, 5.41) is 3.88. The van der Waals surface area contributed by atoms with Gasteiger partial charge in [-0.1, -0.05) is 24.3 Å². The number of nitrogens with one attached hydrogen (secondary N) is 2. The molecule has 2 aromatic carbocycles. The Balaban J connectivity index is 1.87. The van der Waals surface area contributed by atoms with Crippen LogP contribution in [0.3, 0.4) is 0 Å². The van der Waals surface area contributed by atoms with E-state index in [0.717, 1.165) is 0 Å². The van der Waals surface area contributed by atoms with Crippen LogP contribution < -0.4 is 20.3 Å². The van der Waals surface area contributed by atoms with Gasteiger partial charge in [-0.2, -0.15) is 0 Å². The maximum Gasteiger partial charge on any atom is 0.258 e. The lowest BCUT2D eigenvalue weighted by atomic mass is 10.0. The zero-order valence-corrected chi connectivity index (χ0v) is 15.4. The zero-order chi connectivity index (χ0) is 18.7. The molecular formula is C20H23N3O3. The molecule has 0 unspecified atom stereocenters. The third kappa shape index (κ3) is 3.55. The predicted molar refractivity (Wildman–Crippen MR) is 102 cm³/mol. The van der Waals surface area contributed by atoms with Gasteiger partial charge in [-0.3, -0.25) is 4.79 Å². The van der Waals surface area contributed by atoms with Gasteiger partial charge in [0.05, 0.1) is 31.7 Å². The quantitative estimate of drug-likeness (QED) is 0.712. The highest BCUT2D eigenvalue weighted by Gasteiger charge is 2.12. The molecule has 6 heteroatoms. The predicted octanol–water partition coefficient (Wildman–Crippen LogP) is 3.10. The first kappa shape index (κ1) is 17.9. The number of ether oxygens (including phenoxy) is 2. The summed E-state index contributed by atoms with van der Waals surface area (Å²) in [6.07, 6.45) is 0. The van der Waals surface area contributed by atoms with Gasteiger partial charge >= 0.3 is 0 Å². The molecule has 0 saturated heterocycles. The topological polar surface area (TPSA) is 76.2 Å². The van der Waals surface area contributed by atoms with E-state index in [1.54, 1.807) is 19.2 Å². The second kappa shape index (κ2) is 7.58. The van der Waals surface area contributed by atoms with E-state index in [9.17, 15) is 4.79 Å². The largest absolute Gasteiger partial charge is 0.493 e. The molecular weight excluding hydrogens is 330 g/mol. The molecule has 6 nitrogen and oxygen atoms in total. The smallest absolute Gasteiger partial charge is 0.258 e. The number of aryl methyl sites for hydroxylation is 1. The van der Waals surface area contributed by atoms with Crippen molar-refractivity contribution in [3.05, 3.63) is 63.7 Å². The van der Waals surface area contributed by atoms with E-state index < -0.39 is 0 Å². The van der Waals surface area contributed by atoms with Crippen LogP contribution in [0.4, 0.5) is 0 Å². The summed E-state index contributed by atoms with van der Waals surface area (Å²) >= 11 is 0. The normalized spacial score (nSPS) is 12.2. The Kier molecular flexibility index (Phi) is 5.23. The minimum absolute atomic E-state index is 0.141. The SMILES string of the molecule is COc1cc2nc(CN[C@@H](C)c3ccccc3C)[nH]c(=O)c2cc1OC. The van der Waals surface area contributed by atoms with E-state index in [1.807, 2.05) is 12.1 Å². The summed E-state index contributed by atoms with van der Waals surface area (Å²) in [6.45, 7) is 4.63. The maximum atomic E-state index is 12.4. The number of nitrogens with zero attached hydrogens (tertiary/aromatic N) is 1. The highest BCUT2D eigenvalue weighted by molar-refractivity contribution is 5.81. The van der Waals surface area contributed by atoms with Gasteiger partial charge in [-0.05, 0) is 31.0 Å². The van der Waals surface area contributed by atoms with Gasteiger partial charge in [0.15, 0.2) is 11.5 Å². The van der Waals surface area contributed by atoms with Crippen molar-refractivity contribution in [2.24, 2.45) is 0 Å². The van der Waals surface area contributed by atoms with Crippen LogP contribution in [0.1, 0.15) is 29.9 Å². The Morgan fingerprint density at radius 1 is 1.15 bits per heavy atom. The van der Waals surface area contributed by atoms with E-state index >= 15 is 0 Å². The minimum Gasteiger partial charge on any atom is -0.493 e. The first-order valence-electron chi connectivity index (χ1n) is 8.47. The van der Waals surface area contributed by atoms with Crippen LogP contribution in [0, 0.1) is 6.92 Å². The third-order valence-electron chi connectivity index (χ3n) is 4.49. The fourth-order valence-corrected chi connectivity index (χ4v) is 3.03. The molecule has 0 radical (unpaired) electrons. The average molecular weight is 353 g/mol. The van der Waals surface area contributed by atoms with Gasteiger partial charge in [0.25, 0.3) is 5.56 Å². The van der Waals surface area contributed by atoms with Crippen LogP contribution in [0.25, 0.3) is 10.9 Å². The van der Waals surface area contributed by atoms with Gasteiger partial charge in [0.2, 0.25) is 0 Å². The summed E-state index contributed by atoms with van der Waals surface area (Å²) in [4.78, 5) is 19.8. The fraction of sp³-hybridized carbons (Fsp3) is 0.300. The molecule has 0 bridgehead atoms. The van der Waals surface area contributed by atoms with Gasteiger partial charge in [-0.25, -0.2) is 4.98 Å². The average Bonchev–Trinajstić information content (AvgIpc) is 2.65. The van der Waals surface area contributed by atoms with Crippen LogP contribution in [0.2, 0.25) is 0 Å². The van der Waals surface area contributed by atoms with Crippen LogP contribution in [-0.2, 0) is 6.54 Å². The van der Waals surface area contributed by atoms with Crippen molar-refractivity contribution < 1.29 is 9.47 Å². The summed E-state index contributed by atoms with van der Waals surface area (Å²) in [7, 11) is 3.10. The number of methoxy groups -OCH3 is 2. The minimum atomic E-state index is -0.198. The van der Waals surface area contributed by atoms with Crippen LogP contribution >= 0.6 is 0 Å². The van der Waals surface area contributed by atoms with E-state index in [0.29, 0.717) is 34.8 Å². The number of benzene rings is 2. The molecule has 0 aliphatic heterocycles. The van der Waals surface area contributed by atoms with Crippen molar-refractivity contribution >= 4 is 10.9 Å². The Labute approximate surface area is 152 Å². The second-order valence-corrected chi connectivity index (χ2v) is 6.20. The molecule has 0 aliphatic rings. The molecule has 0 aliphatic carbocycles. The monoisotopic (exact) mass is 353 g/mol. The van der Waals surface area contributed by atoms with E-state index in [4.69, 9.17) is 9.47 Å². The summed E-state index contributed by atoms with van der Waals surface area (Å²) in [5.74, 6) is 1.63. The van der Waals surface area contributed by atoms with Gasteiger partial charge < -0.3 is 19.8 Å². The Morgan fingerprint density at radius 3 is 2.54 bits per heavy atom. The Bertz CT molecular complexity index is 982. The van der Waals surface area contributed by atoms with E-state index in [2.05, 4.69) is 41.3 Å². The number of H-pyrrole nitrogens is 1. The number of aromatic nitrogens is 2. The number of rotatable bonds is 6. The van der Waals surface area contributed by atoms with E-state index in [1.165, 1.54) is 18.2 Å². The Morgan fingerprint density at radius 2 is 1.85 bits per heavy atom. The third-order valence-corrected chi connectivity index (χ3v) is 4.49. The molecule has 0 saturated carbocycles. The highest BCUT2D eigenvalue weighted by Crippen LogP contribution is 2.29. The van der Waals surface area contributed by atoms with Crippen molar-refractivity contribution in [3.8, 4) is 11.5 Å². The van der Waals surface area contributed by atoms with Crippen molar-refractivity contribution in [1.82, 2.24) is 15.3 Å². The number of fused-ring (bicyclic) bond motifs is 1. The van der Waals surface area contributed by atoms with Crippen LogP contribution in [0.15, 0.2) is 41.2 Å². The molecule has 26 heavy (non-hydrogen) atoms. The van der Waals surface area contributed by atoms with Crippen LogP contribution in [-0.4, -0.2) is 24.2 Å². The van der Waals surface area contributed by atoms with Crippen molar-refractivity contribution in [1.29, 1.82) is 0 Å². The fourth-order valence-electron chi connectivity index (χ4n) is 3.03. The number of aromatic amines is 1. The summed E-state index contributed by atoms with van der Waals surface area (Å²) < 4.78 is 10.6. The van der Waals surface area contributed by atoms with Crippen LogP contribution in [0.5, 0.6) is 11.5 Å². The maximum absolute atomic E-state index is 12.4. The summed E-state index contributed by atoms with van der Waals surface area (Å²) in [5.41, 5.74) is 2.83. The van der Waals surface area contributed by atoms with E-state index in [-0.39, 0.29) is 11.6 Å². The van der Waals surface area contributed by atoms with Crippen molar-refractivity contribution in [2.75, 3.05) is 14.2 Å². The molecule has 0 fully saturated rings. The molecule has 2 N–H and O–H groups in total. The van der Waals surface area contributed by atoms with Crippen molar-refractivity contribution in [3.63, 3.8) is 0 Å². The molecule has 3 aromatic rings. The molecule has 1 atom stereocenters. The second-order valence-electron chi connectivity index (χ2n) is 6.20. The van der Waals surface area contributed by atoms with Gasteiger partial charge in [-0.15, -0.1) is 0 Å². The molecule has 0 amide bonds. The molecule has 1 heterocycles. The molecule has 136 valence electrons. The zero-order valence-electron chi connectivity index (χ0n) is 15.4. The first-order valence-corrected chi connectivity index (χ1v) is 8.47. The molecule has 3 rings (SSSR count). The lowest BCUT2D eigenvalue weighted by Gasteiger charge is -2.16. The lowest BCUT2D eigenvalue weighted by molar-refractivity contribution is 0.355. The lowest BCUT2D eigenvalue weighted by Crippen LogP contribution is -2.22. The number of hydrogen-bond acceptors (Lipinski definition) is 5. The molecule has 0 spiro atoms. The first-order chi connectivity index (χ1) is 12.5. The molecule has 1 aromatic heterocycles. The van der Waals surface area contributed by atoms with Gasteiger partial charge in [0, 0.05) is 12.1 Å². The standard InChI is InChI=1S/C20H23N3O3/c1-12-7-5-6-8-14(12)13(2)21-11-19-22-16-10-18(26-4)17(25-3)9-15(16)20(24)23-19/h5-10,13,21H,11H2,1-4H3,(H,22,23,24)/t13-/m0/s1.